The van der Waals surface area contributed by atoms with E-state index in [9.17, 15) is 9.59 Å². The molecule has 0 atom stereocenters. The van der Waals surface area contributed by atoms with Gasteiger partial charge in [-0.2, -0.15) is 0 Å². The number of ether oxygens (including phenoxy) is 3. The van der Waals surface area contributed by atoms with Crippen LogP contribution in [0.2, 0.25) is 0 Å². The number of hydrogen-bond acceptors (Lipinski definition) is 6. The summed E-state index contributed by atoms with van der Waals surface area (Å²) < 4.78 is 15.8. The molecule has 7 heteroatoms. The first kappa shape index (κ1) is 14.5. The minimum Gasteiger partial charge on any atom is -0.464 e. The highest BCUT2D eigenvalue weighted by atomic mass is 16.7. The number of benzene rings is 1. The number of fused-ring (bicyclic) bond motifs is 2. The Morgan fingerprint density at radius 1 is 1.36 bits per heavy atom. The highest BCUT2D eigenvalue weighted by Gasteiger charge is 2.43. The lowest BCUT2D eigenvalue weighted by atomic mass is 9.99. The summed E-state index contributed by atoms with van der Waals surface area (Å²) in [5.74, 6) is 0.521. The van der Waals surface area contributed by atoms with E-state index in [2.05, 4.69) is 5.32 Å². The Labute approximate surface area is 128 Å². The molecule has 0 unspecified atom stereocenters. The second kappa shape index (κ2) is 5.08. The molecule has 1 amide bonds. The number of rotatable bonds is 3. The van der Waals surface area contributed by atoms with Gasteiger partial charge in [-0.3, -0.25) is 9.69 Å². The fourth-order valence-electron chi connectivity index (χ4n) is 2.65. The molecule has 1 aromatic carbocycles. The van der Waals surface area contributed by atoms with Gasteiger partial charge in [0, 0.05) is 12.1 Å². The summed E-state index contributed by atoms with van der Waals surface area (Å²) in [6.07, 6.45) is 0. The van der Waals surface area contributed by atoms with Gasteiger partial charge in [0.2, 0.25) is 12.7 Å². The van der Waals surface area contributed by atoms with E-state index < -0.39 is 11.5 Å². The predicted molar refractivity (Wildman–Crippen MR) is 79.3 cm³/mol. The molecule has 1 N–H and O–H groups in total. The Morgan fingerprint density at radius 2 is 2.05 bits per heavy atom. The normalized spacial score (nSPS) is 16.1. The molecule has 2 heterocycles. The van der Waals surface area contributed by atoms with E-state index in [1.165, 1.54) is 4.90 Å². The molecular weight excluding hydrogens is 288 g/mol. The quantitative estimate of drug-likeness (QED) is 0.853. The lowest BCUT2D eigenvalue weighted by Gasteiger charge is -2.40. The van der Waals surface area contributed by atoms with Crippen molar-refractivity contribution in [2.45, 2.75) is 26.3 Å². The van der Waals surface area contributed by atoms with Gasteiger partial charge in [-0.1, -0.05) is 0 Å². The zero-order valence-corrected chi connectivity index (χ0v) is 12.8. The summed E-state index contributed by atoms with van der Waals surface area (Å²) in [5, 5.41) is 3.04. The first-order chi connectivity index (χ1) is 10.4. The Morgan fingerprint density at radius 3 is 2.73 bits per heavy atom. The van der Waals surface area contributed by atoms with Gasteiger partial charge in [0.05, 0.1) is 24.5 Å². The number of carbonyl (C=O) groups excluding carboxylic acids is 2. The van der Waals surface area contributed by atoms with Gasteiger partial charge >= 0.3 is 5.97 Å². The zero-order chi connectivity index (χ0) is 15.9. The Hall–Kier alpha value is -2.44. The maximum Gasteiger partial charge on any atom is 0.331 e. The average Bonchev–Trinajstić information content (AvgIpc) is 2.92. The maximum atomic E-state index is 12.4. The number of nitrogens with zero attached hydrogens (tertiary/aromatic N) is 1. The van der Waals surface area contributed by atoms with E-state index in [4.69, 9.17) is 14.2 Å². The van der Waals surface area contributed by atoms with Crippen LogP contribution in [0.25, 0.3) is 0 Å². The average molecular weight is 306 g/mol. The highest BCUT2D eigenvalue weighted by Crippen LogP contribution is 2.44. The Balaban J connectivity index is 2.06. The van der Waals surface area contributed by atoms with Crippen molar-refractivity contribution in [3.63, 3.8) is 0 Å². The number of hydrogen-bond donors (Lipinski definition) is 1. The zero-order valence-electron chi connectivity index (χ0n) is 12.8. The molecule has 7 nitrogen and oxygen atoms in total. The lowest BCUT2D eigenvalue weighted by molar-refractivity contribution is -0.149. The van der Waals surface area contributed by atoms with Gasteiger partial charge in [-0.25, -0.2) is 4.79 Å². The Kier molecular flexibility index (Phi) is 3.35. The smallest absolute Gasteiger partial charge is 0.331 e. The SMILES string of the molecule is CCOC(=O)C(C)(C)N1C(=O)CNc2cc3c(cc21)OCO3. The van der Waals surface area contributed by atoms with E-state index in [-0.39, 0.29) is 25.9 Å². The second-order valence-electron chi connectivity index (χ2n) is 5.58. The van der Waals surface area contributed by atoms with Gasteiger partial charge in [-0.05, 0) is 20.8 Å². The van der Waals surface area contributed by atoms with Crippen LogP contribution in [0.3, 0.4) is 0 Å². The van der Waals surface area contributed by atoms with Crippen LogP contribution in [0.1, 0.15) is 20.8 Å². The van der Waals surface area contributed by atoms with E-state index >= 15 is 0 Å². The second-order valence-corrected chi connectivity index (χ2v) is 5.58. The van der Waals surface area contributed by atoms with Crippen molar-refractivity contribution in [1.82, 2.24) is 0 Å². The van der Waals surface area contributed by atoms with Crippen molar-refractivity contribution in [3.05, 3.63) is 12.1 Å². The molecule has 3 rings (SSSR count). The first-order valence-electron chi connectivity index (χ1n) is 7.13. The van der Waals surface area contributed by atoms with Gasteiger partial charge in [-0.15, -0.1) is 0 Å². The lowest BCUT2D eigenvalue weighted by Crippen LogP contribution is -2.57. The summed E-state index contributed by atoms with van der Waals surface area (Å²) >= 11 is 0. The molecule has 0 aliphatic carbocycles. The number of amides is 1. The van der Waals surface area contributed by atoms with E-state index in [0.29, 0.717) is 17.2 Å². The maximum absolute atomic E-state index is 12.4. The third-order valence-electron chi connectivity index (χ3n) is 3.75. The Bertz CT molecular complexity index is 641. The van der Waals surface area contributed by atoms with Crippen molar-refractivity contribution < 1.29 is 23.8 Å². The minimum atomic E-state index is -1.11. The van der Waals surface area contributed by atoms with Crippen molar-refractivity contribution in [3.8, 4) is 11.5 Å². The van der Waals surface area contributed by atoms with Gasteiger partial charge in [0.25, 0.3) is 0 Å². The topological polar surface area (TPSA) is 77.1 Å². The van der Waals surface area contributed by atoms with Crippen LogP contribution in [0.15, 0.2) is 12.1 Å². The molecule has 2 aliphatic rings. The van der Waals surface area contributed by atoms with Crippen molar-refractivity contribution in [1.29, 1.82) is 0 Å². The van der Waals surface area contributed by atoms with E-state index in [1.807, 2.05) is 0 Å². The van der Waals surface area contributed by atoms with Crippen LogP contribution in [0.4, 0.5) is 11.4 Å². The standard InChI is InChI=1S/C15H18N2O5/c1-4-20-14(19)15(2,3)17-10-6-12-11(21-8-22-12)5-9(10)16-7-13(17)18/h5-6,16H,4,7-8H2,1-3H3. The van der Waals surface area contributed by atoms with Crippen molar-refractivity contribution in [2.24, 2.45) is 0 Å². The van der Waals surface area contributed by atoms with E-state index in [1.54, 1.807) is 32.9 Å². The molecule has 0 radical (unpaired) electrons. The number of esters is 1. The van der Waals surface area contributed by atoms with Gasteiger partial charge in [0.1, 0.15) is 5.54 Å². The van der Waals surface area contributed by atoms with Gasteiger partial charge < -0.3 is 19.5 Å². The van der Waals surface area contributed by atoms with Crippen LogP contribution >= 0.6 is 0 Å². The number of anilines is 2. The predicted octanol–water partition coefficient (Wildman–Crippen LogP) is 1.52. The molecule has 118 valence electrons. The van der Waals surface area contributed by atoms with Gasteiger partial charge in [0.15, 0.2) is 11.5 Å². The summed E-state index contributed by atoms with van der Waals surface area (Å²) in [4.78, 5) is 26.1. The molecular formula is C15H18N2O5. The van der Waals surface area contributed by atoms with E-state index in [0.717, 1.165) is 5.69 Å². The molecule has 0 spiro atoms. The van der Waals surface area contributed by atoms with Crippen LogP contribution < -0.4 is 19.7 Å². The molecule has 0 aromatic heterocycles. The third kappa shape index (κ3) is 2.13. The number of carbonyl (C=O) groups is 2. The molecule has 2 aliphatic heterocycles. The summed E-state index contributed by atoms with van der Waals surface area (Å²) in [7, 11) is 0. The van der Waals surface area contributed by atoms with Crippen molar-refractivity contribution >= 4 is 23.3 Å². The highest BCUT2D eigenvalue weighted by molar-refractivity contribution is 6.08. The first-order valence-corrected chi connectivity index (χ1v) is 7.13. The van der Waals surface area contributed by atoms with Crippen LogP contribution in [0, 0.1) is 0 Å². The largest absolute Gasteiger partial charge is 0.464 e. The van der Waals surface area contributed by atoms with Crippen LogP contribution in [0.5, 0.6) is 11.5 Å². The fraction of sp³-hybridized carbons (Fsp3) is 0.467. The molecule has 0 saturated heterocycles. The fourth-order valence-corrected chi connectivity index (χ4v) is 2.65. The molecule has 22 heavy (non-hydrogen) atoms. The molecule has 0 fully saturated rings. The van der Waals surface area contributed by atoms with Crippen LogP contribution in [-0.4, -0.2) is 37.4 Å². The molecule has 0 saturated carbocycles. The summed E-state index contributed by atoms with van der Waals surface area (Å²) in [6.45, 7) is 5.59. The third-order valence-corrected chi connectivity index (χ3v) is 3.75. The minimum absolute atomic E-state index is 0.107. The van der Waals surface area contributed by atoms with Crippen LogP contribution in [-0.2, 0) is 14.3 Å². The van der Waals surface area contributed by atoms with Crippen molar-refractivity contribution in [2.75, 3.05) is 30.2 Å². The molecule has 0 bridgehead atoms. The summed E-state index contributed by atoms with van der Waals surface area (Å²) in [5.41, 5.74) is 0.192. The molecule has 1 aromatic rings. The number of nitrogens with one attached hydrogen (secondary N) is 1. The summed E-state index contributed by atoms with van der Waals surface area (Å²) in [6, 6.07) is 3.49. The monoisotopic (exact) mass is 306 g/mol.